The van der Waals surface area contributed by atoms with E-state index in [0.29, 0.717) is 5.75 Å². The third-order valence-corrected chi connectivity index (χ3v) is 11.5. The van der Waals surface area contributed by atoms with Crippen molar-refractivity contribution in [1.29, 1.82) is 5.26 Å². The summed E-state index contributed by atoms with van der Waals surface area (Å²) in [6.07, 6.45) is -0.149. The van der Waals surface area contributed by atoms with E-state index >= 15 is 0 Å². The zero-order valence-corrected chi connectivity index (χ0v) is 19.0. The first-order valence-corrected chi connectivity index (χ1v) is 13.2. The summed E-state index contributed by atoms with van der Waals surface area (Å²) in [5.41, 5.74) is -0.353. The molecule has 1 fully saturated rings. The topological polar surface area (TPSA) is 64.9 Å². The van der Waals surface area contributed by atoms with E-state index in [1.165, 1.54) is 11.8 Å². The Hall–Kier alpha value is -2.64. The van der Waals surface area contributed by atoms with E-state index in [4.69, 9.17) is 0 Å². The maximum atomic E-state index is 13.7. The Morgan fingerprint density at radius 1 is 0.871 bits per heavy atom. The number of hydrogen-bond donors (Lipinski definition) is 2. The smallest absolute Gasteiger partial charge is 0.265 e. The number of nitrogens with one attached hydrogen (secondary N) is 2. The highest BCUT2D eigenvalue weighted by molar-refractivity contribution is 8.02. The second-order valence-electron chi connectivity index (χ2n) is 7.46. The molecule has 1 aliphatic heterocycles. The van der Waals surface area contributed by atoms with Crippen molar-refractivity contribution < 1.29 is 4.79 Å². The van der Waals surface area contributed by atoms with Crippen molar-refractivity contribution >= 4 is 40.8 Å². The molecule has 1 amide bonds. The van der Waals surface area contributed by atoms with Gasteiger partial charge in [0.05, 0.1) is 18.0 Å². The number of carbonyl (C=O) groups is 1. The zero-order chi connectivity index (χ0) is 21.7. The maximum Gasteiger partial charge on any atom is 0.265 e. The van der Waals surface area contributed by atoms with Gasteiger partial charge in [0.25, 0.3) is 5.91 Å². The molecule has 3 unspecified atom stereocenters. The van der Waals surface area contributed by atoms with Gasteiger partial charge in [0, 0.05) is 0 Å². The molecule has 0 bridgehead atoms. The van der Waals surface area contributed by atoms with E-state index < -0.39 is 7.26 Å². The minimum absolute atomic E-state index is 0.0339. The number of thioether (sulfide) groups is 1. The Labute approximate surface area is 188 Å². The summed E-state index contributed by atoms with van der Waals surface area (Å²) in [5.74, 6) is 0.360. The fourth-order valence-electron chi connectivity index (χ4n) is 4.38. The molecule has 0 saturated carbocycles. The normalized spacial score (nSPS) is 21.2. The summed E-state index contributed by atoms with van der Waals surface area (Å²) in [5, 5.41) is 19.3. The molecule has 0 radical (unpaired) electrons. The van der Waals surface area contributed by atoms with Crippen LogP contribution in [0.2, 0.25) is 0 Å². The van der Waals surface area contributed by atoms with Crippen LogP contribution in [-0.4, -0.2) is 28.9 Å². The zero-order valence-electron chi connectivity index (χ0n) is 17.3. The monoisotopic (exact) mass is 446 g/mol. The van der Waals surface area contributed by atoms with E-state index in [2.05, 4.69) is 53.1 Å². The van der Waals surface area contributed by atoms with Gasteiger partial charge >= 0.3 is 0 Å². The average Bonchev–Trinajstić information content (AvgIpc) is 2.81. The third kappa shape index (κ3) is 4.12. The fourth-order valence-corrected chi connectivity index (χ4v) is 10.7. The van der Waals surface area contributed by atoms with Gasteiger partial charge < -0.3 is 5.32 Å². The lowest BCUT2D eigenvalue weighted by Crippen LogP contribution is -2.64. The van der Waals surface area contributed by atoms with Gasteiger partial charge in [-0.3, -0.25) is 10.1 Å². The van der Waals surface area contributed by atoms with Gasteiger partial charge in [0.15, 0.2) is 5.66 Å². The first kappa shape index (κ1) is 21.6. The Morgan fingerprint density at radius 3 is 1.74 bits per heavy atom. The highest BCUT2D eigenvalue weighted by atomic mass is 32.2. The molecule has 0 spiro atoms. The van der Waals surface area contributed by atoms with Gasteiger partial charge in [-0.05, 0) is 43.3 Å². The van der Waals surface area contributed by atoms with Gasteiger partial charge in [0.2, 0.25) is 0 Å². The van der Waals surface area contributed by atoms with Gasteiger partial charge in [-0.1, -0.05) is 54.6 Å². The molecular weight excluding hydrogens is 421 g/mol. The molecule has 0 aliphatic carbocycles. The first-order valence-electron chi connectivity index (χ1n) is 10.3. The quantitative estimate of drug-likeness (QED) is 0.572. The first-order chi connectivity index (χ1) is 15.2. The number of rotatable bonds is 6. The molecule has 1 saturated heterocycles. The second-order valence-corrected chi connectivity index (χ2v) is 12.1. The van der Waals surface area contributed by atoms with Crippen molar-refractivity contribution in [3.8, 4) is 6.07 Å². The predicted octanol–water partition coefficient (Wildman–Crippen LogP) is 3.00. The summed E-state index contributed by atoms with van der Waals surface area (Å²) in [7, 11) is -2.41. The lowest BCUT2D eigenvalue weighted by atomic mass is 10.3. The van der Waals surface area contributed by atoms with Crippen molar-refractivity contribution in [1.82, 2.24) is 10.6 Å². The van der Waals surface area contributed by atoms with E-state index in [0.717, 1.165) is 15.9 Å². The van der Waals surface area contributed by atoms with E-state index in [1.54, 1.807) is 0 Å². The van der Waals surface area contributed by atoms with Crippen LogP contribution < -0.4 is 26.5 Å². The van der Waals surface area contributed by atoms with Crippen molar-refractivity contribution in [3.63, 3.8) is 0 Å². The summed E-state index contributed by atoms with van der Waals surface area (Å²) in [6.45, 7) is 1.95. The van der Waals surface area contributed by atoms with Gasteiger partial charge in [-0.2, -0.15) is 5.26 Å². The standard InChI is InChI=1S/C25H24N3OPS/c1-19-27-24(29)23(25(28-19)31-18-17-26)30(20-11-5-2-6-12-20,21-13-7-3-8-14-21)22-15-9-4-10-16-22/h2-16,19,23,25,28H,18H2,1H3/p+1. The van der Waals surface area contributed by atoms with Crippen LogP contribution in [-0.2, 0) is 4.79 Å². The van der Waals surface area contributed by atoms with Crippen LogP contribution in [0.15, 0.2) is 91.0 Å². The van der Waals surface area contributed by atoms with E-state index in [9.17, 15) is 10.1 Å². The molecule has 6 heteroatoms. The largest absolute Gasteiger partial charge is 0.337 e. The Morgan fingerprint density at radius 2 is 1.32 bits per heavy atom. The summed E-state index contributed by atoms with van der Waals surface area (Å²) in [6, 6.07) is 33.4. The lowest BCUT2D eigenvalue weighted by molar-refractivity contribution is -0.123. The van der Waals surface area contributed by atoms with Crippen molar-refractivity contribution in [2.45, 2.75) is 24.1 Å². The van der Waals surface area contributed by atoms with Crippen LogP contribution in [0.3, 0.4) is 0 Å². The SMILES string of the molecule is CC1NC(=O)C([P+](c2ccccc2)(c2ccccc2)c2ccccc2)C(SCC#N)N1. The van der Waals surface area contributed by atoms with Crippen molar-refractivity contribution in [2.24, 2.45) is 0 Å². The van der Waals surface area contributed by atoms with E-state index in [-0.39, 0.29) is 23.1 Å². The van der Waals surface area contributed by atoms with Gasteiger partial charge in [0.1, 0.15) is 28.5 Å². The molecule has 1 aliphatic rings. The molecule has 2 N–H and O–H groups in total. The van der Waals surface area contributed by atoms with Crippen LogP contribution in [0.1, 0.15) is 6.92 Å². The second kappa shape index (κ2) is 9.66. The number of hydrogen-bond acceptors (Lipinski definition) is 4. The molecule has 3 aromatic carbocycles. The predicted molar refractivity (Wildman–Crippen MR) is 132 cm³/mol. The number of benzene rings is 3. The third-order valence-electron chi connectivity index (χ3n) is 5.56. The maximum absolute atomic E-state index is 13.7. The van der Waals surface area contributed by atoms with Crippen molar-refractivity contribution in [3.05, 3.63) is 91.0 Å². The van der Waals surface area contributed by atoms with Crippen molar-refractivity contribution in [2.75, 3.05) is 5.75 Å². The molecule has 1 heterocycles. The minimum atomic E-state index is -2.41. The number of carbonyl (C=O) groups excluding carboxylic acids is 1. The molecule has 4 rings (SSSR count). The highest BCUT2D eigenvalue weighted by Crippen LogP contribution is 2.62. The molecule has 0 aromatic heterocycles. The Balaban J connectivity index is 2.04. The summed E-state index contributed by atoms with van der Waals surface area (Å²) < 4.78 is 0. The number of nitriles is 1. The molecular formula is C25H25N3OPS+. The lowest BCUT2D eigenvalue weighted by Gasteiger charge is -2.42. The Bertz CT molecular complexity index is 960. The Kier molecular flexibility index (Phi) is 6.73. The minimum Gasteiger partial charge on any atom is -0.337 e. The number of nitrogens with zero attached hydrogens (tertiary/aromatic N) is 1. The summed E-state index contributed by atoms with van der Waals surface area (Å²) in [4.78, 5) is 13.7. The molecule has 3 atom stereocenters. The van der Waals surface area contributed by atoms with Crippen LogP contribution in [0.5, 0.6) is 0 Å². The average molecular weight is 447 g/mol. The van der Waals surface area contributed by atoms with Crippen LogP contribution >= 0.6 is 19.0 Å². The van der Waals surface area contributed by atoms with E-state index in [1.807, 2.05) is 61.5 Å². The molecule has 31 heavy (non-hydrogen) atoms. The van der Waals surface area contributed by atoms with Crippen LogP contribution in [0.25, 0.3) is 0 Å². The van der Waals surface area contributed by atoms with Gasteiger partial charge in [-0.15, -0.1) is 11.8 Å². The molecule has 4 nitrogen and oxygen atoms in total. The van der Waals surface area contributed by atoms with Crippen LogP contribution in [0, 0.1) is 11.3 Å². The molecule has 3 aromatic rings. The fraction of sp³-hybridized carbons (Fsp3) is 0.200. The summed E-state index contributed by atoms with van der Waals surface area (Å²) >= 11 is 1.52. The molecule has 156 valence electrons. The van der Waals surface area contributed by atoms with Crippen LogP contribution in [0.4, 0.5) is 0 Å². The number of amides is 1. The van der Waals surface area contributed by atoms with Gasteiger partial charge in [-0.25, -0.2) is 0 Å². The highest BCUT2D eigenvalue weighted by Gasteiger charge is 2.60.